The predicted molar refractivity (Wildman–Crippen MR) is 101 cm³/mol. The van der Waals surface area contributed by atoms with Gasteiger partial charge in [-0.15, -0.1) is 0 Å². The van der Waals surface area contributed by atoms with Crippen molar-refractivity contribution in [2.24, 2.45) is 0 Å². The number of aliphatic carboxylic acids is 2. The van der Waals surface area contributed by atoms with Crippen molar-refractivity contribution in [3.05, 3.63) is 57.5 Å². The maximum absolute atomic E-state index is 12.1. The van der Waals surface area contributed by atoms with Crippen LogP contribution in [0.5, 0.6) is 0 Å². The number of carboxylic acid groups (broad SMARTS) is 2. The van der Waals surface area contributed by atoms with Crippen LogP contribution in [0.2, 0.25) is 0 Å². The van der Waals surface area contributed by atoms with Crippen LogP contribution in [0, 0.1) is 0 Å². The summed E-state index contributed by atoms with van der Waals surface area (Å²) in [5.74, 6) is -4.05. The Morgan fingerprint density at radius 3 is 2.47 bits per heavy atom. The van der Waals surface area contributed by atoms with Gasteiger partial charge < -0.3 is 35.8 Å². The number of nitrogens with zero attached hydrogens (tertiary/aromatic N) is 1. The first-order chi connectivity index (χ1) is 14.2. The minimum Gasteiger partial charge on any atom is -0.550 e. The SMILES string of the molecule is Nc1nc2[nH]cc(CCc3ccc(C(=O)NC(CC(=O)[O-])C(=O)[O-])cc3)c2c(=O)[nH]1. The molecule has 0 saturated carbocycles. The standard InChI is InChI=1S/C19H19N5O6/c20-19-23-15-14(17(28)24-19)11(8-21-15)6-3-9-1-4-10(5-2-9)16(27)22-12(18(29)30)7-13(25)26/h1-2,4-5,8,12H,3,6-7H2,(H,22,27)(H,25,26)(H,29,30)(H4,20,21,23,24,28)/p-2. The van der Waals surface area contributed by atoms with Crippen LogP contribution < -0.4 is 26.8 Å². The van der Waals surface area contributed by atoms with E-state index >= 15 is 0 Å². The Balaban J connectivity index is 1.66. The van der Waals surface area contributed by atoms with E-state index in [-0.39, 0.29) is 17.1 Å². The van der Waals surface area contributed by atoms with Gasteiger partial charge in [0.05, 0.1) is 17.4 Å². The molecule has 156 valence electrons. The lowest BCUT2D eigenvalue weighted by molar-refractivity contribution is -0.317. The number of H-pyrrole nitrogens is 2. The summed E-state index contributed by atoms with van der Waals surface area (Å²) in [4.78, 5) is 55.1. The number of carboxylic acids is 2. The van der Waals surface area contributed by atoms with Gasteiger partial charge in [0.25, 0.3) is 11.5 Å². The molecule has 11 heteroatoms. The number of hydrogen-bond donors (Lipinski definition) is 4. The zero-order valence-electron chi connectivity index (χ0n) is 15.6. The fraction of sp³-hybridized carbons (Fsp3) is 0.211. The molecule has 30 heavy (non-hydrogen) atoms. The highest BCUT2D eigenvalue weighted by atomic mass is 16.4. The molecule has 11 nitrogen and oxygen atoms in total. The molecule has 0 aliphatic rings. The number of hydrogen-bond acceptors (Lipinski definition) is 8. The van der Waals surface area contributed by atoms with Crippen molar-refractivity contribution < 1.29 is 24.6 Å². The number of anilines is 1. The van der Waals surface area contributed by atoms with E-state index in [4.69, 9.17) is 5.73 Å². The second kappa shape index (κ2) is 8.47. The molecular formula is C19H17N5O6-2. The van der Waals surface area contributed by atoms with E-state index in [0.717, 1.165) is 11.1 Å². The lowest BCUT2D eigenvalue weighted by atomic mass is 10.0. The molecule has 0 radical (unpaired) electrons. The van der Waals surface area contributed by atoms with E-state index < -0.39 is 30.3 Å². The minimum absolute atomic E-state index is 0.0234. The summed E-state index contributed by atoms with van der Waals surface area (Å²) in [6.07, 6.45) is 1.88. The van der Waals surface area contributed by atoms with Crippen molar-refractivity contribution in [3.63, 3.8) is 0 Å². The van der Waals surface area contributed by atoms with E-state index in [1.165, 1.54) is 12.1 Å². The van der Waals surface area contributed by atoms with Gasteiger partial charge in [-0.3, -0.25) is 14.6 Å². The molecule has 0 spiro atoms. The molecule has 1 unspecified atom stereocenters. The van der Waals surface area contributed by atoms with E-state index in [0.29, 0.717) is 23.9 Å². The Morgan fingerprint density at radius 2 is 1.83 bits per heavy atom. The van der Waals surface area contributed by atoms with Gasteiger partial charge in [0.1, 0.15) is 5.65 Å². The van der Waals surface area contributed by atoms with E-state index in [2.05, 4.69) is 20.3 Å². The molecule has 3 aromatic rings. The first-order valence-corrected chi connectivity index (χ1v) is 8.91. The summed E-state index contributed by atoms with van der Waals surface area (Å²) in [5, 5.41) is 24.0. The van der Waals surface area contributed by atoms with Gasteiger partial charge in [0, 0.05) is 24.2 Å². The smallest absolute Gasteiger partial charge is 0.262 e. The van der Waals surface area contributed by atoms with Gasteiger partial charge in [-0.1, -0.05) is 12.1 Å². The fourth-order valence-corrected chi connectivity index (χ4v) is 3.02. The topological polar surface area (TPSA) is 197 Å². The van der Waals surface area contributed by atoms with Crippen LogP contribution in [0.1, 0.15) is 27.9 Å². The average Bonchev–Trinajstić information content (AvgIpc) is 3.08. The third-order valence-electron chi connectivity index (χ3n) is 4.50. The number of nitrogens with two attached hydrogens (primary N) is 1. The molecule has 0 fully saturated rings. The Morgan fingerprint density at radius 1 is 1.13 bits per heavy atom. The van der Waals surface area contributed by atoms with Crippen molar-refractivity contribution in [1.82, 2.24) is 20.3 Å². The van der Waals surface area contributed by atoms with Gasteiger partial charge in [-0.2, -0.15) is 4.98 Å². The third kappa shape index (κ3) is 4.63. The van der Waals surface area contributed by atoms with Crippen LogP contribution in [-0.4, -0.2) is 38.8 Å². The second-order valence-corrected chi connectivity index (χ2v) is 6.61. The van der Waals surface area contributed by atoms with E-state index in [1.54, 1.807) is 18.3 Å². The Hall–Kier alpha value is -4.15. The first-order valence-electron chi connectivity index (χ1n) is 8.91. The van der Waals surface area contributed by atoms with Crippen LogP contribution in [0.15, 0.2) is 35.3 Å². The van der Waals surface area contributed by atoms with Crippen molar-refractivity contribution in [2.45, 2.75) is 25.3 Å². The summed E-state index contributed by atoms with van der Waals surface area (Å²) < 4.78 is 0. The van der Waals surface area contributed by atoms with Crippen LogP contribution in [0.4, 0.5) is 5.95 Å². The number of fused-ring (bicyclic) bond motifs is 1. The highest BCUT2D eigenvalue weighted by Crippen LogP contribution is 2.16. The molecule has 2 heterocycles. The summed E-state index contributed by atoms with van der Waals surface area (Å²) >= 11 is 0. The van der Waals surface area contributed by atoms with Crippen LogP contribution in [0.3, 0.4) is 0 Å². The van der Waals surface area contributed by atoms with Crippen molar-refractivity contribution in [1.29, 1.82) is 0 Å². The Kier molecular flexibility index (Phi) is 5.81. The quantitative estimate of drug-likeness (QED) is 0.315. The molecule has 2 aromatic heterocycles. The number of nitrogens with one attached hydrogen (secondary N) is 3. The van der Waals surface area contributed by atoms with Crippen molar-refractivity contribution >= 4 is 34.8 Å². The van der Waals surface area contributed by atoms with Crippen LogP contribution in [-0.2, 0) is 22.4 Å². The number of nitrogen functional groups attached to an aromatic ring is 1. The predicted octanol–water partition coefficient (Wildman–Crippen LogP) is -2.39. The number of rotatable bonds is 8. The van der Waals surface area contributed by atoms with Gasteiger partial charge in [0.15, 0.2) is 0 Å². The van der Waals surface area contributed by atoms with Crippen LogP contribution in [0.25, 0.3) is 11.0 Å². The molecule has 0 saturated heterocycles. The van der Waals surface area contributed by atoms with Gasteiger partial charge in [0.2, 0.25) is 5.95 Å². The maximum atomic E-state index is 12.1. The molecule has 0 bridgehead atoms. The fourth-order valence-electron chi connectivity index (χ4n) is 3.02. The average molecular weight is 411 g/mol. The number of amides is 1. The highest BCUT2D eigenvalue weighted by molar-refractivity contribution is 5.97. The lowest BCUT2D eigenvalue weighted by Gasteiger charge is -2.20. The monoisotopic (exact) mass is 411 g/mol. The normalized spacial score (nSPS) is 11.9. The summed E-state index contributed by atoms with van der Waals surface area (Å²) in [7, 11) is 0. The molecule has 5 N–H and O–H groups in total. The number of aromatic amines is 2. The summed E-state index contributed by atoms with van der Waals surface area (Å²) in [5.41, 5.74) is 7.38. The summed E-state index contributed by atoms with van der Waals surface area (Å²) in [6, 6.07) is 4.64. The first kappa shape index (κ1) is 20.6. The summed E-state index contributed by atoms with van der Waals surface area (Å²) in [6.45, 7) is 0. The van der Waals surface area contributed by atoms with Gasteiger partial charge in [-0.05, 0) is 36.1 Å². The van der Waals surface area contributed by atoms with Gasteiger partial charge in [-0.25, -0.2) is 0 Å². The molecule has 0 aliphatic carbocycles. The largest absolute Gasteiger partial charge is 0.550 e. The number of carbonyl (C=O) groups is 3. The second-order valence-electron chi connectivity index (χ2n) is 6.61. The van der Waals surface area contributed by atoms with Crippen LogP contribution >= 0.6 is 0 Å². The van der Waals surface area contributed by atoms with E-state index in [9.17, 15) is 29.4 Å². The third-order valence-corrected chi connectivity index (χ3v) is 4.50. The molecule has 3 rings (SSSR count). The number of aryl methyl sites for hydroxylation is 2. The highest BCUT2D eigenvalue weighted by Gasteiger charge is 2.15. The number of aromatic nitrogens is 3. The molecule has 1 atom stereocenters. The number of carbonyl (C=O) groups excluding carboxylic acids is 3. The Bertz CT molecular complexity index is 1160. The van der Waals surface area contributed by atoms with Crippen molar-refractivity contribution in [3.8, 4) is 0 Å². The Labute approximate surface area is 168 Å². The zero-order chi connectivity index (χ0) is 21.8. The molecule has 1 aromatic carbocycles. The number of benzene rings is 1. The zero-order valence-corrected chi connectivity index (χ0v) is 15.6. The molecule has 0 aliphatic heterocycles. The minimum atomic E-state index is -1.71. The van der Waals surface area contributed by atoms with Gasteiger partial charge >= 0.3 is 0 Å². The molecular weight excluding hydrogens is 394 g/mol. The molecule has 1 amide bonds. The van der Waals surface area contributed by atoms with E-state index in [1.807, 2.05) is 0 Å². The maximum Gasteiger partial charge on any atom is 0.262 e. The van der Waals surface area contributed by atoms with Crippen molar-refractivity contribution in [2.75, 3.05) is 5.73 Å². The lowest BCUT2D eigenvalue weighted by Crippen LogP contribution is -2.50.